The first-order valence-corrected chi connectivity index (χ1v) is 9.60. The lowest BCUT2D eigenvalue weighted by Gasteiger charge is -2.08. The zero-order valence-corrected chi connectivity index (χ0v) is 16.7. The van der Waals surface area contributed by atoms with Crippen LogP contribution in [0.15, 0.2) is 53.7 Å². The van der Waals surface area contributed by atoms with E-state index in [1.54, 1.807) is 31.4 Å². The molecular formula is C19H20N6O3S. The molecule has 0 unspecified atom stereocenters. The topological polar surface area (TPSA) is 124 Å². The largest absolute Gasteiger partial charge is 0.496 e. The number of hydrogen-bond acceptors (Lipinski definition) is 7. The number of ether oxygens (including phenoxy) is 1. The van der Waals surface area contributed by atoms with Crippen LogP contribution in [0, 0.1) is 0 Å². The summed E-state index contributed by atoms with van der Waals surface area (Å²) in [6.07, 6.45) is 0. The highest BCUT2D eigenvalue weighted by Gasteiger charge is 2.16. The van der Waals surface area contributed by atoms with E-state index in [0.29, 0.717) is 33.7 Å². The number of thioether (sulfide) groups is 1. The third kappa shape index (κ3) is 5.05. The van der Waals surface area contributed by atoms with E-state index in [-0.39, 0.29) is 17.6 Å². The highest BCUT2D eigenvalue weighted by atomic mass is 32.2. The molecule has 3 rings (SSSR count). The number of amides is 2. The Balaban J connectivity index is 1.61. The monoisotopic (exact) mass is 412 g/mol. The lowest BCUT2D eigenvalue weighted by Crippen LogP contribution is -2.16. The van der Waals surface area contributed by atoms with Crippen LogP contribution in [0.4, 0.5) is 11.4 Å². The average Bonchev–Trinajstić information content (AvgIpc) is 3.07. The molecule has 0 saturated carbocycles. The quantitative estimate of drug-likeness (QED) is 0.402. The Morgan fingerprint density at radius 1 is 1.07 bits per heavy atom. The van der Waals surface area contributed by atoms with Crippen LogP contribution >= 0.6 is 11.8 Å². The van der Waals surface area contributed by atoms with Gasteiger partial charge >= 0.3 is 0 Å². The van der Waals surface area contributed by atoms with Crippen LogP contribution in [0.25, 0.3) is 11.4 Å². The van der Waals surface area contributed by atoms with Gasteiger partial charge in [-0.05, 0) is 36.4 Å². The molecule has 1 heterocycles. The van der Waals surface area contributed by atoms with Crippen molar-refractivity contribution in [2.75, 3.05) is 29.3 Å². The molecule has 1 aromatic heterocycles. The molecule has 9 nitrogen and oxygen atoms in total. The van der Waals surface area contributed by atoms with Crippen molar-refractivity contribution in [3.8, 4) is 17.1 Å². The fourth-order valence-electron chi connectivity index (χ4n) is 2.56. The molecule has 3 aromatic rings. The maximum absolute atomic E-state index is 12.2. The second kappa shape index (κ2) is 9.11. The van der Waals surface area contributed by atoms with Gasteiger partial charge in [-0.25, -0.2) is 4.68 Å². The summed E-state index contributed by atoms with van der Waals surface area (Å²) < 4.78 is 6.66. The molecule has 2 aromatic carbocycles. The minimum absolute atomic E-state index is 0.106. The van der Waals surface area contributed by atoms with E-state index in [1.165, 1.54) is 23.4 Å². The number of benzene rings is 2. The van der Waals surface area contributed by atoms with Crippen molar-refractivity contribution in [2.24, 2.45) is 0 Å². The number of carbonyl (C=O) groups is 2. The number of para-hydroxylation sites is 1. The minimum atomic E-state index is -0.218. The molecule has 0 aliphatic rings. The summed E-state index contributed by atoms with van der Waals surface area (Å²) in [5.41, 5.74) is 1.99. The van der Waals surface area contributed by atoms with Gasteiger partial charge in [0.25, 0.3) is 0 Å². The Morgan fingerprint density at radius 2 is 1.72 bits per heavy atom. The Morgan fingerprint density at radius 3 is 2.38 bits per heavy atom. The van der Waals surface area contributed by atoms with Crippen molar-refractivity contribution in [1.82, 2.24) is 14.9 Å². The van der Waals surface area contributed by atoms with Crippen molar-refractivity contribution in [3.63, 3.8) is 0 Å². The van der Waals surface area contributed by atoms with Gasteiger partial charge in [0.05, 0.1) is 18.4 Å². The van der Waals surface area contributed by atoms with Crippen molar-refractivity contribution >= 4 is 35.0 Å². The Hall–Kier alpha value is -3.53. The highest BCUT2D eigenvalue weighted by Crippen LogP contribution is 2.29. The molecule has 0 aliphatic heterocycles. The van der Waals surface area contributed by atoms with Crippen LogP contribution in [0.3, 0.4) is 0 Å². The third-order valence-corrected chi connectivity index (χ3v) is 4.78. The normalized spacial score (nSPS) is 10.4. The molecule has 0 fully saturated rings. The number of carbonyl (C=O) groups excluding carboxylic acids is 2. The number of nitrogen functional groups attached to an aromatic ring is 1. The smallest absolute Gasteiger partial charge is 0.234 e. The van der Waals surface area contributed by atoms with Gasteiger partial charge in [-0.3, -0.25) is 9.59 Å². The summed E-state index contributed by atoms with van der Waals surface area (Å²) in [5.74, 6) is 6.91. The van der Waals surface area contributed by atoms with Crippen LogP contribution in [-0.4, -0.2) is 39.6 Å². The van der Waals surface area contributed by atoms with Crippen LogP contribution in [0.1, 0.15) is 6.92 Å². The Labute approximate surface area is 171 Å². The van der Waals surface area contributed by atoms with E-state index in [2.05, 4.69) is 20.8 Å². The molecule has 0 spiro atoms. The van der Waals surface area contributed by atoms with Crippen molar-refractivity contribution in [2.45, 2.75) is 12.1 Å². The van der Waals surface area contributed by atoms with Crippen LogP contribution in [0.2, 0.25) is 0 Å². The standard InChI is InChI=1S/C19H20N6O3S/c1-12(26)21-13-7-9-14(10-8-13)22-17(27)11-29-19-24-23-18(25(19)20)15-5-3-4-6-16(15)28-2/h3-10H,11,20H2,1-2H3,(H,21,26)(H,22,27). The zero-order valence-electron chi connectivity index (χ0n) is 15.9. The van der Waals surface area contributed by atoms with Crippen LogP contribution < -0.4 is 21.2 Å². The summed E-state index contributed by atoms with van der Waals surface area (Å²) >= 11 is 1.17. The van der Waals surface area contributed by atoms with E-state index in [9.17, 15) is 9.59 Å². The number of hydrogen-bond donors (Lipinski definition) is 3. The number of rotatable bonds is 7. The van der Waals surface area contributed by atoms with Gasteiger partial charge in [0.15, 0.2) is 5.82 Å². The van der Waals surface area contributed by atoms with Gasteiger partial charge in [-0.1, -0.05) is 23.9 Å². The van der Waals surface area contributed by atoms with E-state index in [1.807, 2.05) is 24.3 Å². The second-order valence-electron chi connectivity index (χ2n) is 5.97. The zero-order chi connectivity index (χ0) is 20.8. The van der Waals surface area contributed by atoms with Crippen molar-refractivity contribution < 1.29 is 14.3 Å². The summed E-state index contributed by atoms with van der Waals surface area (Å²) in [7, 11) is 1.57. The third-order valence-electron chi connectivity index (χ3n) is 3.83. The summed E-state index contributed by atoms with van der Waals surface area (Å²) in [6.45, 7) is 1.43. The molecule has 0 aliphatic carbocycles. The van der Waals surface area contributed by atoms with E-state index in [0.717, 1.165) is 0 Å². The summed E-state index contributed by atoms with van der Waals surface area (Å²) in [5, 5.41) is 14.0. The van der Waals surface area contributed by atoms with Gasteiger partial charge in [0, 0.05) is 18.3 Å². The molecule has 150 valence electrons. The first-order chi connectivity index (χ1) is 14.0. The first kappa shape index (κ1) is 20.2. The lowest BCUT2D eigenvalue weighted by molar-refractivity contribution is -0.114. The van der Waals surface area contributed by atoms with Gasteiger partial charge in [0.1, 0.15) is 5.75 Å². The molecule has 29 heavy (non-hydrogen) atoms. The van der Waals surface area contributed by atoms with Crippen LogP contribution in [-0.2, 0) is 9.59 Å². The maximum atomic E-state index is 12.2. The molecule has 0 saturated heterocycles. The van der Waals surface area contributed by atoms with Gasteiger partial charge in [-0.2, -0.15) is 0 Å². The fraction of sp³-hybridized carbons (Fsp3) is 0.158. The number of aromatic nitrogens is 3. The average molecular weight is 412 g/mol. The summed E-state index contributed by atoms with van der Waals surface area (Å²) in [4.78, 5) is 23.3. The highest BCUT2D eigenvalue weighted by molar-refractivity contribution is 7.99. The van der Waals surface area contributed by atoms with Gasteiger partial charge < -0.3 is 21.2 Å². The Kier molecular flexibility index (Phi) is 6.35. The lowest BCUT2D eigenvalue weighted by atomic mass is 10.2. The molecule has 2 amide bonds. The predicted molar refractivity (Wildman–Crippen MR) is 112 cm³/mol. The number of nitrogens with zero attached hydrogens (tertiary/aromatic N) is 3. The predicted octanol–water partition coefficient (Wildman–Crippen LogP) is 2.36. The SMILES string of the molecule is COc1ccccc1-c1nnc(SCC(=O)Nc2ccc(NC(C)=O)cc2)n1N. The number of anilines is 2. The van der Waals surface area contributed by atoms with Crippen molar-refractivity contribution in [1.29, 1.82) is 0 Å². The fourth-order valence-corrected chi connectivity index (χ4v) is 3.21. The van der Waals surface area contributed by atoms with Crippen molar-refractivity contribution in [3.05, 3.63) is 48.5 Å². The van der Waals surface area contributed by atoms with E-state index >= 15 is 0 Å². The number of nitrogens with one attached hydrogen (secondary N) is 2. The number of methoxy groups -OCH3 is 1. The molecule has 0 atom stereocenters. The van der Waals surface area contributed by atoms with E-state index < -0.39 is 0 Å². The molecule has 0 radical (unpaired) electrons. The maximum Gasteiger partial charge on any atom is 0.234 e. The number of nitrogens with two attached hydrogens (primary N) is 1. The molecule has 0 bridgehead atoms. The summed E-state index contributed by atoms with van der Waals surface area (Å²) in [6, 6.07) is 14.2. The molecule has 4 N–H and O–H groups in total. The molecule has 10 heteroatoms. The van der Waals surface area contributed by atoms with Gasteiger partial charge in [0.2, 0.25) is 17.0 Å². The Bertz CT molecular complexity index is 1020. The second-order valence-corrected chi connectivity index (χ2v) is 6.91. The van der Waals surface area contributed by atoms with E-state index in [4.69, 9.17) is 10.6 Å². The minimum Gasteiger partial charge on any atom is -0.496 e. The van der Waals surface area contributed by atoms with Crippen LogP contribution in [0.5, 0.6) is 5.75 Å². The first-order valence-electron chi connectivity index (χ1n) is 8.62. The molecular weight excluding hydrogens is 392 g/mol. The van der Waals surface area contributed by atoms with Gasteiger partial charge in [-0.15, -0.1) is 10.2 Å².